The molecule has 0 saturated carbocycles. The molecule has 1 aromatic carbocycles. The number of benzene rings is 1. The Labute approximate surface area is 125 Å². The topological polar surface area (TPSA) is 75.4 Å². The largest absolute Gasteiger partial charge is 0.389 e. The lowest BCUT2D eigenvalue weighted by molar-refractivity contribution is 0.349. The lowest BCUT2D eigenvalue weighted by Crippen LogP contribution is -2.39. The molecule has 1 heterocycles. The standard InChI is InChI=1S/C13H19N3O2S2/c1-10-5-6-11(13(14)19)9-12(10)15-20(17,18)16-7-3-2-4-8-16/h5-6,9,15H,2-4,7-8H2,1H3,(H2,14,19). The summed E-state index contributed by atoms with van der Waals surface area (Å²) in [4.78, 5) is 0.253. The second kappa shape index (κ2) is 6.07. The average Bonchev–Trinajstić information content (AvgIpc) is 2.42. The Morgan fingerprint density at radius 2 is 1.95 bits per heavy atom. The van der Waals surface area contributed by atoms with Gasteiger partial charge in [-0.1, -0.05) is 30.8 Å². The molecule has 20 heavy (non-hydrogen) atoms. The lowest BCUT2D eigenvalue weighted by Gasteiger charge is -2.26. The van der Waals surface area contributed by atoms with Gasteiger partial charge in [-0.25, -0.2) is 0 Å². The van der Waals surface area contributed by atoms with Crippen LogP contribution in [0.4, 0.5) is 5.69 Å². The average molecular weight is 313 g/mol. The summed E-state index contributed by atoms with van der Waals surface area (Å²) in [6.07, 6.45) is 2.90. The zero-order valence-electron chi connectivity index (χ0n) is 11.4. The monoisotopic (exact) mass is 313 g/mol. The van der Waals surface area contributed by atoms with Gasteiger partial charge in [0.25, 0.3) is 0 Å². The van der Waals surface area contributed by atoms with E-state index in [0.29, 0.717) is 24.3 Å². The highest BCUT2D eigenvalue weighted by atomic mass is 32.2. The van der Waals surface area contributed by atoms with Gasteiger partial charge in [0.2, 0.25) is 0 Å². The second-order valence-corrected chi connectivity index (χ2v) is 7.07. The molecule has 0 unspecified atom stereocenters. The van der Waals surface area contributed by atoms with E-state index in [9.17, 15) is 8.42 Å². The van der Waals surface area contributed by atoms with Gasteiger partial charge in [0.05, 0.1) is 5.69 Å². The third kappa shape index (κ3) is 3.47. The zero-order valence-corrected chi connectivity index (χ0v) is 13.1. The van der Waals surface area contributed by atoms with Crippen molar-refractivity contribution in [1.82, 2.24) is 4.31 Å². The molecule has 2 rings (SSSR count). The number of rotatable bonds is 4. The summed E-state index contributed by atoms with van der Waals surface area (Å²) in [6.45, 7) is 2.99. The molecule has 3 N–H and O–H groups in total. The van der Waals surface area contributed by atoms with Gasteiger partial charge in [0.1, 0.15) is 4.99 Å². The fraction of sp³-hybridized carbons (Fsp3) is 0.462. The highest BCUT2D eigenvalue weighted by molar-refractivity contribution is 7.90. The number of nitrogens with two attached hydrogens (primary N) is 1. The Kier molecular flexibility index (Phi) is 4.62. The maximum Gasteiger partial charge on any atom is 0.301 e. The number of aryl methyl sites for hydroxylation is 1. The first-order chi connectivity index (χ1) is 9.40. The van der Waals surface area contributed by atoms with Crippen molar-refractivity contribution in [3.05, 3.63) is 29.3 Å². The molecule has 1 aliphatic heterocycles. The molecule has 7 heteroatoms. The molecule has 110 valence electrons. The number of hydrogen-bond acceptors (Lipinski definition) is 3. The first kappa shape index (κ1) is 15.2. The van der Waals surface area contributed by atoms with E-state index in [1.807, 2.05) is 13.0 Å². The quantitative estimate of drug-likeness (QED) is 0.831. The minimum atomic E-state index is -3.50. The Bertz CT molecular complexity index is 608. The molecule has 5 nitrogen and oxygen atoms in total. The molecule has 1 aliphatic rings. The van der Waals surface area contributed by atoms with Crippen molar-refractivity contribution >= 4 is 33.1 Å². The van der Waals surface area contributed by atoms with Crippen LogP contribution in [0.15, 0.2) is 18.2 Å². The molecule has 1 fully saturated rings. The van der Waals surface area contributed by atoms with Crippen molar-refractivity contribution in [2.45, 2.75) is 26.2 Å². The number of nitrogens with zero attached hydrogens (tertiary/aromatic N) is 1. The summed E-state index contributed by atoms with van der Waals surface area (Å²) in [7, 11) is -3.50. The van der Waals surface area contributed by atoms with Crippen molar-refractivity contribution in [1.29, 1.82) is 0 Å². The Hall–Kier alpha value is -1.18. The van der Waals surface area contributed by atoms with Crippen LogP contribution in [0.2, 0.25) is 0 Å². The van der Waals surface area contributed by atoms with Gasteiger partial charge in [0.15, 0.2) is 0 Å². The van der Waals surface area contributed by atoms with Crippen molar-refractivity contribution in [3.8, 4) is 0 Å². The molecule has 1 aromatic rings. The molecular weight excluding hydrogens is 294 g/mol. The molecule has 0 aromatic heterocycles. The van der Waals surface area contributed by atoms with Crippen LogP contribution in [0.3, 0.4) is 0 Å². The molecule has 0 aliphatic carbocycles. The summed E-state index contributed by atoms with van der Waals surface area (Å²) in [5.74, 6) is 0. The van der Waals surface area contributed by atoms with Crippen molar-refractivity contribution < 1.29 is 8.42 Å². The van der Waals surface area contributed by atoms with Crippen LogP contribution < -0.4 is 10.5 Å². The van der Waals surface area contributed by atoms with Crippen molar-refractivity contribution in [2.75, 3.05) is 17.8 Å². The van der Waals surface area contributed by atoms with Crippen LogP contribution in [0.1, 0.15) is 30.4 Å². The van der Waals surface area contributed by atoms with E-state index in [4.69, 9.17) is 18.0 Å². The zero-order chi connectivity index (χ0) is 14.8. The second-order valence-electron chi connectivity index (χ2n) is 4.96. The molecule has 0 bridgehead atoms. The van der Waals surface area contributed by atoms with E-state index < -0.39 is 10.2 Å². The first-order valence-corrected chi connectivity index (χ1v) is 8.43. The normalized spacial score (nSPS) is 16.9. The number of nitrogens with one attached hydrogen (secondary N) is 1. The molecule has 0 amide bonds. The van der Waals surface area contributed by atoms with E-state index in [0.717, 1.165) is 24.8 Å². The van der Waals surface area contributed by atoms with E-state index in [1.54, 1.807) is 12.1 Å². The van der Waals surface area contributed by atoms with Crippen LogP contribution in [0.25, 0.3) is 0 Å². The van der Waals surface area contributed by atoms with Crippen LogP contribution >= 0.6 is 12.2 Å². The van der Waals surface area contributed by atoms with E-state index in [2.05, 4.69) is 4.72 Å². The fourth-order valence-corrected chi connectivity index (χ4v) is 3.69. The van der Waals surface area contributed by atoms with E-state index in [1.165, 1.54) is 4.31 Å². The molecule has 0 radical (unpaired) electrons. The smallest absolute Gasteiger partial charge is 0.301 e. The summed E-state index contributed by atoms with van der Waals surface area (Å²) >= 11 is 4.92. The molecule has 0 spiro atoms. The molecular formula is C13H19N3O2S2. The lowest BCUT2D eigenvalue weighted by atomic mass is 10.1. The van der Waals surface area contributed by atoms with Gasteiger partial charge in [-0.05, 0) is 31.4 Å². The number of anilines is 1. The van der Waals surface area contributed by atoms with Crippen LogP contribution in [0, 0.1) is 6.92 Å². The highest BCUT2D eigenvalue weighted by Gasteiger charge is 2.24. The fourth-order valence-electron chi connectivity index (χ4n) is 2.19. The summed E-state index contributed by atoms with van der Waals surface area (Å²) in [5, 5.41) is 0. The maximum absolute atomic E-state index is 12.3. The predicted octanol–water partition coefficient (Wildman–Crippen LogP) is 1.77. The predicted molar refractivity (Wildman–Crippen MR) is 85.0 cm³/mol. The number of hydrogen-bond donors (Lipinski definition) is 2. The Balaban J connectivity index is 2.24. The molecule has 1 saturated heterocycles. The van der Waals surface area contributed by atoms with Crippen molar-refractivity contribution in [3.63, 3.8) is 0 Å². The Morgan fingerprint density at radius 1 is 1.30 bits per heavy atom. The van der Waals surface area contributed by atoms with Gasteiger partial charge in [-0.15, -0.1) is 0 Å². The van der Waals surface area contributed by atoms with E-state index in [-0.39, 0.29) is 4.99 Å². The van der Waals surface area contributed by atoms with Gasteiger partial charge in [-0.2, -0.15) is 12.7 Å². The van der Waals surface area contributed by atoms with Gasteiger partial charge >= 0.3 is 10.2 Å². The van der Waals surface area contributed by atoms with Gasteiger partial charge in [0, 0.05) is 18.7 Å². The van der Waals surface area contributed by atoms with E-state index >= 15 is 0 Å². The van der Waals surface area contributed by atoms with Gasteiger partial charge < -0.3 is 5.73 Å². The minimum absolute atomic E-state index is 0.253. The van der Waals surface area contributed by atoms with Crippen LogP contribution in [0.5, 0.6) is 0 Å². The Morgan fingerprint density at radius 3 is 2.55 bits per heavy atom. The minimum Gasteiger partial charge on any atom is -0.389 e. The number of piperidine rings is 1. The number of thiocarbonyl (C=S) groups is 1. The first-order valence-electron chi connectivity index (χ1n) is 6.58. The SMILES string of the molecule is Cc1ccc(C(N)=S)cc1NS(=O)(=O)N1CCCCC1. The summed E-state index contributed by atoms with van der Waals surface area (Å²) in [5.41, 5.74) is 7.60. The highest BCUT2D eigenvalue weighted by Crippen LogP contribution is 2.21. The third-order valence-corrected chi connectivity index (χ3v) is 5.17. The maximum atomic E-state index is 12.3. The summed E-state index contributed by atoms with van der Waals surface area (Å²) in [6, 6.07) is 5.28. The third-order valence-electron chi connectivity index (χ3n) is 3.42. The van der Waals surface area contributed by atoms with Gasteiger partial charge in [-0.3, -0.25) is 4.72 Å². The van der Waals surface area contributed by atoms with Crippen LogP contribution in [-0.4, -0.2) is 30.8 Å². The van der Waals surface area contributed by atoms with Crippen molar-refractivity contribution in [2.24, 2.45) is 5.73 Å². The van der Waals surface area contributed by atoms with Crippen LogP contribution in [-0.2, 0) is 10.2 Å². The molecule has 0 atom stereocenters. The summed E-state index contributed by atoms with van der Waals surface area (Å²) < 4.78 is 28.8.